The van der Waals surface area contributed by atoms with Crippen molar-refractivity contribution < 1.29 is 0 Å². The summed E-state index contributed by atoms with van der Waals surface area (Å²) >= 11 is 7.87. The lowest BCUT2D eigenvalue weighted by molar-refractivity contribution is 0.641. The fourth-order valence-corrected chi connectivity index (χ4v) is 3.48. The number of rotatable bonds is 2. The second-order valence-corrected chi connectivity index (χ2v) is 7.22. The molecule has 1 aliphatic rings. The fourth-order valence-electron chi connectivity index (χ4n) is 2.23. The first-order valence-corrected chi connectivity index (χ1v) is 7.44. The van der Waals surface area contributed by atoms with Crippen LogP contribution in [-0.2, 0) is 5.88 Å². The second-order valence-electron chi connectivity index (χ2n) is 5.15. The first-order chi connectivity index (χ1) is 8.02. The quantitative estimate of drug-likeness (QED) is 0.766. The first kappa shape index (κ1) is 13.0. The average molecular weight is 271 g/mol. The predicted molar refractivity (Wildman–Crippen MR) is 77.3 cm³/mol. The van der Waals surface area contributed by atoms with Crippen LogP contribution in [0.4, 0.5) is 5.82 Å². The van der Waals surface area contributed by atoms with Crippen molar-refractivity contribution >= 4 is 29.2 Å². The number of aryl methyl sites for hydroxylation is 1. The Kier molecular flexibility index (Phi) is 3.88. The van der Waals surface area contributed by atoms with Crippen molar-refractivity contribution in [3.63, 3.8) is 0 Å². The van der Waals surface area contributed by atoms with E-state index in [0.29, 0.717) is 10.6 Å². The van der Waals surface area contributed by atoms with Crippen LogP contribution in [0.15, 0.2) is 12.3 Å². The Labute approximate surface area is 113 Å². The van der Waals surface area contributed by atoms with Gasteiger partial charge in [0.2, 0.25) is 0 Å². The van der Waals surface area contributed by atoms with Crippen LogP contribution >= 0.6 is 23.4 Å². The minimum Gasteiger partial charge on any atom is -0.354 e. The van der Waals surface area contributed by atoms with Gasteiger partial charge in [-0.15, -0.1) is 11.6 Å². The van der Waals surface area contributed by atoms with Crippen molar-refractivity contribution in [1.82, 2.24) is 4.98 Å². The minimum atomic E-state index is 0.317. The van der Waals surface area contributed by atoms with Crippen molar-refractivity contribution in [3.05, 3.63) is 23.4 Å². The van der Waals surface area contributed by atoms with E-state index in [1.807, 2.05) is 18.0 Å². The highest BCUT2D eigenvalue weighted by Gasteiger charge is 2.28. The summed E-state index contributed by atoms with van der Waals surface area (Å²) in [4.78, 5) is 6.96. The molecular weight excluding hydrogens is 252 g/mol. The Bertz CT molecular complexity index is 406. The van der Waals surface area contributed by atoms with E-state index in [2.05, 4.69) is 36.7 Å². The normalized spacial score (nSPS) is 19.4. The van der Waals surface area contributed by atoms with Crippen molar-refractivity contribution in [2.45, 2.75) is 31.4 Å². The SMILES string of the molecule is Cc1cc(CCl)cnc1N1CCSC(C)(C)C1. The summed E-state index contributed by atoms with van der Waals surface area (Å²) in [5.41, 5.74) is 2.32. The van der Waals surface area contributed by atoms with Crippen LogP contribution < -0.4 is 4.90 Å². The maximum Gasteiger partial charge on any atom is 0.131 e. The standard InChI is InChI=1S/C13H19ClN2S/c1-10-6-11(7-14)8-15-12(10)16-4-5-17-13(2,3)9-16/h6,8H,4-5,7,9H2,1-3H3. The largest absolute Gasteiger partial charge is 0.354 e. The van der Waals surface area contributed by atoms with Gasteiger partial charge < -0.3 is 4.90 Å². The van der Waals surface area contributed by atoms with E-state index >= 15 is 0 Å². The van der Waals surface area contributed by atoms with Crippen molar-refractivity contribution in [3.8, 4) is 0 Å². The zero-order chi connectivity index (χ0) is 12.5. The highest BCUT2D eigenvalue weighted by molar-refractivity contribution is 8.00. The van der Waals surface area contributed by atoms with Crippen molar-refractivity contribution in [1.29, 1.82) is 0 Å². The molecule has 2 rings (SSSR count). The number of anilines is 1. The molecule has 0 N–H and O–H groups in total. The molecule has 94 valence electrons. The Morgan fingerprint density at radius 2 is 2.29 bits per heavy atom. The molecular formula is C13H19ClN2S. The van der Waals surface area contributed by atoms with Gasteiger partial charge in [0.1, 0.15) is 5.82 Å². The number of alkyl halides is 1. The molecule has 1 aromatic heterocycles. The summed E-state index contributed by atoms with van der Waals surface area (Å²) in [5.74, 6) is 2.83. The topological polar surface area (TPSA) is 16.1 Å². The maximum atomic E-state index is 5.83. The van der Waals surface area contributed by atoms with Crippen LogP contribution in [0.25, 0.3) is 0 Å². The van der Waals surface area contributed by atoms with Crippen molar-refractivity contribution in [2.24, 2.45) is 0 Å². The van der Waals surface area contributed by atoms with Gasteiger partial charge in [0.25, 0.3) is 0 Å². The molecule has 2 nitrogen and oxygen atoms in total. The summed E-state index contributed by atoms with van der Waals surface area (Å²) < 4.78 is 0.317. The summed E-state index contributed by atoms with van der Waals surface area (Å²) in [6, 6.07) is 2.14. The lowest BCUT2D eigenvalue weighted by atomic mass is 10.1. The first-order valence-electron chi connectivity index (χ1n) is 5.92. The summed E-state index contributed by atoms with van der Waals surface area (Å²) in [7, 11) is 0. The smallest absolute Gasteiger partial charge is 0.131 e. The van der Waals surface area contributed by atoms with Gasteiger partial charge in [-0.25, -0.2) is 4.98 Å². The molecule has 1 aromatic rings. The molecule has 1 fully saturated rings. The Morgan fingerprint density at radius 1 is 1.53 bits per heavy atom. The van der Waals surface area contributed by atoms with Gasteiger partial charge in [0.05, 0.1) is 0 Å². The molecule has 0 radical (unpaired) electrons. The fraction of sp³-hybridized carbons (Fsp3) is 0.615. The van der Waals surface area contributed by atoms with E-state index in [-0.39, 0.29) is 0 Å². The molecule has 17 heavy (non-hydrogen) atoms. The molecule has 0 aromatic carbocycles. The lowest BCUT2D eigenvalue weighted by Gasteiger charge is -2.38. The second kappa shape index (κ2) is 5.07. The Balaban J connectivity index is 2.22. The van der Waals surface area contributed by atoms with Crippen LogP contribution in [0.2, 0.25) is 0 Å². The summed E-state index contributed by atoms with van der Waals surface area (Å²) in [5, 5.41) is 0. The number of pyridine rings is 1. The molecule has 0 atom stereocenters. The molecule has 0 amide bonds. The molecule has 0 aliphatic carbocycles. The van der Waals surface area contributed by atoms with Gasteiger partial charge in [-0.2, -0.15) is 11.8 Å². The van der Waals surface area contributed by atoms with E-state index in [4.69, 9.17) is 11.6 Å². The average Bonchev–Trinajstić information content (AvgIpc) is 2.27. The van der Waals surface area contributed by atoms with Gasteiger partial charge in [0, 0.05) is 35.7 Å². The Hall–Kier alpha value is -0.410. The third-order valence-corrected chi connectivity index (χ3v) is 4.59. The third-order valence-electron chi connectivity index (χ3n) is 2.99. The molecule has 0 spiro atoms. The van der Waals surface area contributed by atoms with Crippen LogP contribution in [0.3, 0.4) is 0 Å². The Morgan fingerprint density at radius 3 is 2.88 bits per heavy atom. The number of nitrogens with zero attached hydrogens (tertiary/aromatic N) is 2. The molecule has 0 bridgehead atoms. The van der Waals surface area contributed by atoms with Gasteiger partial charge >= 0.3 is 0 Å². The van der Waals surface area contributed by atoms with Gasteiger partial charge in [-0.1, -0.05) is 0 Å². The predicted octanol–water partition coefficient (Wildman–Crippen LogP) is 3.46. The molecule has 1 saturated heterocycles. The lowest BCUT2D eigenvalue weighted by Crippen LogP contribution is -2.43. The van der Waals surface area contributed by atoms with E-state index < -0.39 is 0 Å². The van der Waals surface area contributed by atoms with E-state index in [1.165, 1.54) is 11.3 Å². The molecule has 4 heteroatoms. The highest BCUT2D eigenvalue weighted by atomic mass is 35.5. The van der Waals surface area contributed by atoms with E-state index in [0.717, 1.165) is 24.5 Å². The van der Waals surface area contributed by atoms with Crippen LogP contribution in [0.1, 0.15) is 25.0 Å². The number of halogens is 1. The zero-order valence-electron chi connectivity index (χ0n) is 10.7. The number of hydrogen-bond donors (Lipinski definition) is 0. The maximum absolute atomic E-state index is 5.83. The van der Waals surface area contributed by atoms with Crippen molar-refractivity contribution in [2.75, 3.05) is 23.7 Å². The van der Waals surface area contributed by atoms with E-state index in [1.54, 1.807) is 0 Å². The molecule has 2 heterocycles. The number of hydrogen-bond acceptors (Lipinski definition) is 3. The molecule has 0 unspecified atom stereocenters. The van der Waals surface area contributed by atoms with Gasteiger partial charge in [0.15, 0.2) is 0 Å². The zero-order valence-corrected chi connectivity index (χ0v) is 12.2. The number of aromatic nitrogens is 1. The monoisotopic (exact) mass is 270 g/mol. The number of thioether (sulfide) groups is 1. The van der Waals surface area contributed by atoms with Crippen LogP contribution in [0, 0.1) is 6.92 Å². The van der Waals surface area contributed by atoms with Crippen LogP contribution in [-0.4, -0.2) is 28.6 Å². The van der Waals surface area contributed by atoms with Gasteiger partial charge in [-0.3, -0.25) is 0 Å². The third kappa shape index (κ3) is 3.08. The molecule has 1 aliphatic heterocycles. The highest BCUT2D eigenvalue weighted by Crippen LogP contribution is 2.32. The molecule has 0 saturated carbocycles. The summed E-state index contributed by atoms with van der Waals surface area (Å²) in [6.07, 6.45) is 1.89. The minimum absolute atomic E-state index is 0.317. The summed E-state index contributed by atoms with van der Waals surface area (Å²) in [6.45, 7) is 8.86. The van der Waals surface area contributed by atoms with Gasteiger partial charge in [-0.05, 0) is 38.0 Å². The van der Waals surface area contributed by atoms with Crippen LogP contribution in [0.5, 0.6) is 0 Å². The van der Waals surface area contributed by atoms with E-state index in [9.17, 15) is 0 Å².